The summed E-state index contributed by atoms with van der Waals surface area (Å²) < 4.78 is 24.4. The van der Waals surface area contributed by atoms with Gasteiger partial charge in [-0.2, -0.15) is 0 Å². The smallest absolute Gasteiger partial charge is 0.307 e. The number of aromatic nitrogens is 3. The summed E-state index contributed by atoms with van der Waals surface area (Å²) in [5.41, 5.74) is 0.226. The largest absolute Gasteiger partial charge is 0.493 e. The van der Waals surface area contributed by atoms with E-state index in [1.54, 1.807) is 24.3 Å². The number of fused-ring (bicyclic) bond motifs is 1. The van der Waals surface area contributed by atoms with Gasteiger partial charge < -0.3 is 9.47 Å². The Morgan fingerprint density at radius 3 is 2.67 bits per heavy atom. The SMILES string of the molecule is O=C(CCn1nnc2ccccc2c1=O)OCCCOc1ccc(F)cc1. The molecule has 0 spiro atoms. The number of esters is 1. The first-order valence-corrected chi connectivity index (χ1v) is 8.50. The molecule has 0 fully saturated rings. The fourth-order valence-corrected chi connectivity index (χ4v) is 2.40. The normalized spacial score (nSPS) is 10.7. The molecule has 8 heteroatoms. The summed E-state index contributed by atoms with van der Waals surface area (Å²) in [6.45, 7) is 0.633. The highest BCUT2D eigenvalue weighted by Gasteiger charge is 2.08. The van der Waals surface area contributed by atoms with Crippen molar-refractivity contribution in [3.8, 4) is 5.75 Å². The van der Waals surface area contributed by atoms with Crippen molar-refractivity contribution in [2.24, 2.45) is 0 Å². The molecule has 140 valence electrons. The topological polar surface area (TPSA) is 83.3 Å². The second-order valence-corrected chi connectivity index (χ2v) is 5.76. The van der Waals surface area contributed by atoms with Crippen LogP contribution < -0.4 is 10.3 Å². The number of ether oxygens (including phenoxy) is 2. The van der Waals surface area contributed by atoms with E-state index in [0.29, 0.717) is 29.7 Å². The lowest BCUT2D eigenvalue weighted by molar-refractivity contribution is -0.144. The number of rotatable bonds is 8. The van der Waals surface area contributed by atoms with Gasteiger partial charge in [-0.1, -0.05) is 17.3 Å². The third kappa shape index (κ3) is 5.10. The van der Waals surface area contributed by atoms with E-state index in [4.69, 9.17) is 9.47 Å². The monoisotopic (exact) mass is 371 g/mol. The van der Waals surface area contributed by atoms with Gasteiger partial charge in [-0.05, 0) is 36.4 Å². The lowest BCUT2D eigenvalue weighted by atomic mass is 10.2. The zero-order valence-corrected chi connectivity index (χ0v) is 14.5. The molecular weight excluding hydrogens is 353 g/mol. The van der Waals surface area contributed by atoms with Gasteiger partial charge in [-0.25, -0.2) is 9.07 Å². The lowest BCUT2D eigenvalue weighted by Gasteiger charge is -2.08. The Bertz CT molecular complexity index is 973. The van der Waals surface area contributed by atoms with Crippen molar-refractivity contribution < 1.29 is 18.7 Å². The minimum Gasteiger partial charge on any atom is -0.493 e. The first-order valence-electron chi connectivity index (χ1n) is 8.50. The molecule has 1 heterocycles. The lowest BCUT2D eigenvalue weighted by Crippen LogP contribution is -2.25. The van der Waals surface area contributed by atoms with Crippen molar-refractivity contribution >= 4 is 16.9 Å². The summed E-state index contributed by atoms with van der Waals surface area (Å²) in [7, 11) is 0. The van der Waals surface area contributed by atoms with Gasteiger partial charge in [0.2, 0.25) is 0 Å². The molecule has 7 nitrogen and oxygen atoms in total. The zero-order chi connectivity index (χ0) is 19.1. The molecule has 27 heavy (non-hydrogen) atoms. The molecule has 0 unspecified atom stereocenters. The summed E-state index contributed by atoms with van der Waals surface area (Å²) in [6, 6.07) is 12.6. The van der Waals surface area contributed by atoms with Gasteiger partial charge in [-0.15, -0.1) is 5.10 Å². The van der Waals surface area contributed by atoms with Gasteiger partial charge in [-0.3, -0.25) is 9.59 Å². The average molecular weight is 371 g/mol. The zero-order valence-electron chi connectivity index (χ0n) is 14.5. The molecule has 0 saturated heterocycles. The van der Waals surface area contributed by atoms with Crippen molar-refractivity contribution in [2.45, 2.75) is 19.4 Å². The molecule has 0 saturated carbocycles. The van der Waals surface area contributed by atoms with Crippen LogP contribution in [0.2, 0.25) is 0 Å². The van der Waals surface area contributed by atoms with Gasteiger partial charge >= 0.3 is 5.97 Å². The molecule has 0 N–H and O–H groups in total. The molecule has 0 amide bonds. The van der Waals surface area contributed by atoms with Crippen LogP contribution in [0, 0.1) is 5.82 Å². The van der Waals surface area contributed by atoms with E-state index in [1.165, 1.54) is 24.3 Å². The first kappa shape index (κ1) is 18.5. The van der Waals surface area contributed by atoms with Gasteiger partial charge in [0.15, 0.2) is 0 Å². The summed E-state index contributed by atoms with van der Waals surface area (Å²) in [5, 5.41) is 8.25. The van der Waals surface area contributed by atoms with Crippen LogP contribution in [0.1, 0.15) is 12.8 Å². The second kappa shape index (κ2) is 8.88. The summed E-state index contributed by atoms with van der Waals surface area (Å²) in [4.78, 5) is 24.1. The van der Waals surface area contributed by atoms with E-state index in [0.717, 1.165) is 4.68 Å². The molecule has 0 aliphatic heterocycles. The minimum atomic E-state index is -0.432. The molecule has 0 aliphatic rings. The van der Waals surface area contributed by atoms with Gasteiger partial charge in [0.25, 0.3) is 5.56 Å². The van der Waals surface area contributed by atoms with Crippen LogP contribution in [0.4, 0.5) is 4.39 Å². The summed E-state index contributed by atoms with van der Waals surface area (Å²) in [6.07, 6.45) is 0.518. The maximum Gasteiger partial charge on any atom is 0.307 e. The van der Waals surface area contributed by atoms with Gasteiger partial charge in [0.05, 0.1) is 31.6 Å². The van der Waals surface area contributed by atoms with E-state index >= 15 is 0 Å². The van der Waals surface area contributed by atoms with E-state index in [9.17, 15) is 14.0 Å². The number of nitrogens with zero attached hydrogens (tertiary/aromatic N) is 3. The number of hydrogen-bond acceptors (Lipinski definition) is 6. The fraction of sp³-hybridized carbons (Fsp3) is 0.263. The molecule has 1 aromatic heterocycles. The van der Waals surface area contributed by atoms with E-state index in [2.05, 4.69) is 10.3 Å². The van der Waals surface area contributed by atoms with Gasteiger partial charge in [0, 0.05) is 6.42 Å². The molecular formula is C19H18FN3O4. The summed E-state index contributed by atoms with van der Waals surface area (Å²) in [5.74, 6) is -0.206. The number of carbonyl (C=O) groups is 1. The van der Waals surface area contributed by atoms with E-state index < -0.39 is 5.97 Å². The number of carbonyl (C=O) groups excluding carboxylic acids is 1. The van der Waals surface area contributed by atoms with E-state index in [-0.39, 0.29) is 30.9 Å². The van der Waals surface area contributed by atoms with Crippen molar-refractivity contribution in [1.29, 1.82) is 0 Å². The Hall–Kier alpha value is -3.29. The van der Waals surface area contributed by atoms with Crippen LogP contribution in [-0.4, -0.2) is 34.2 Å². The Kier molecular flexibility index (Phi) is 6.09. The quantitative estimate of drug-likeness (QED) is 0.446. The van der Waals surface area contributed by atoms with Crippen molar-refractivity contribution in [1.82, 2.24) is 15.0 Å². The third-order valence-electron chi connectivity index (χ3n) is 3.79. The van der Waals surface area contributed by atoms with Crippen LogP contribution in [0.15, 0.2) is 53.3 Å². The van der Waals surface area contributed by atoms with E-state index in [1.807, 2.05) is 0 Å². The van der Waals surface area contributed by atoms with Crippen LogP contribution >= 0.6 is 0 Å². The van der Waals surface area contributed by atoms with Crippen LogP contribution in [0.25, 0.3) is 10.9 Å². The van der Waals surface area contributed by atoms with Crippen molar-refractivity contribution in [3.63, 3.8) is 0 Å². The molecule has 2 aromatic carbocycles. The standard InChI is InChI=1S/C19H18FN3O4/c20-14-6-8-15(9-7-14)26-12-3-13-27-18(24)10-11-23-19(25)16-4-1-2-5-17(16)21-22-23/h1-2,4-9H,3,10-13H2. The Balaban J connectivity index is 1.39. The Labute approximate surface area is 154 Å². The number of benzene rings is 2. The Morgan fingerprint density at radius 1 is 1.07 bits per heavy atom. The predicted molar refractivity (Wildman–Crippen MR) is 95.9 cm³/mol. The van der Waals surface area contributed by atoms with Gasteiger partial charge in [0.1, 0.15) is 17.1 Å². The number of aryl methyl sites for hydroxylation is 1. The highest BCUT2D eigenvalue weighted by atomic mass is 19.1. The predicted octanol–water partition coefficient (Wildman–Crippen LogP) is 2.33. The molecule has 3 aromatic rings. The highest BCUT2D eigenvalue weighted by molar-refractivity contribution is 5.76. The van der Waals surface area contributed by atoms with Crippen LogP contribution in [0.5, 0.6) is 5.75 Å². The first-order chi connectivity index (χ1) is 13.1. The highest BCUT2D eigenvalue weighted by Crippen LogP contribution is 2.11. The maximum atomic E-state index is 12.8. The molecule has 0 bridgehead atoms. The van der Waals surface area contributed by atoms with Crippen LogP contribution in [-0.2, 0) is 16.1 Å². The number of halogens is 1. The van der Waals surface area contributed by atoms with Crippen LogP contribution in [0.3, 0.4) is 0 Å². The number of hydrogen-bond donors (Lipinski definition) is 0. The average Bonchev–Trinajstić information content (AvgIpc) is 2.69. The fourth-order valence-electron chi connectivity index (χ4n) is 2.40. The minimum absolute atomic E-state index is 0.0196. The third-order valence-corrected chi connectivity index (χ3v) is 3.79. The summed E-state index contributed by atoms with van der Waals surface area (Å²) >= 11 is 0. The maximum absolute atomic E-state index is 12.8. The van der Waals surface area contributed by atoms with Crippen molar-refractivity contribution in [3.05, 3.63) is 64.7 Å². The molecule has 0 atom stereocenters. The molecule has 0 aliphatic carbocycles. The Morgan fingerprint density at radius 2 is 1.85 bits per heavy atom. The second-order valence-electron chi connectivity index (χ2n) is 5.76. The molecule has 0 radical (unpaired) electrons. The van der Waals surface area contributed by atoms with Crippen molar-refractivity contribution in [2.75, 3.05) is 13.2 Å². The molecule has 3 rings (SSSR count).